The Bertz CT molecular complexity index is 871. The van der Waals surface area contributed by atoms with Gasteiger partial charge in [0, 0.05) is 7.05 Å². The van der Waals surface area contributed by atoms with Crippen LogP contribution in [-0.2, 0) is 7.05 Å². The normalized spacial score (nSPS) is 10.9. The van der Waals surface area contributed by atoms with Crippen LogP contribution in [0.5, 0.6) is 5.75 Å². The van der Waals surface area contributed by atoms with Gasteiger partial charge in [0.15, 0.2) is 0 Å². The van der Waals surface area contributed by atoms with Crippen molar-refractivity contribution in [3.8, 4) is 5.75 Å². The summed E-state index contributed by atoms with van der Waals surface area (Å²) in [7, 11) is 1.96. The number of esters is 1. The molecule has 1 heterocycles. The van der Waals surface area contributed by atoms with Crippen molar-refractivity contribution in [3.05, 3.63) is 53.9 Å². The molecule has 4 nitrogen and oxygen atoms in total. The van der Waals surface area contributed by atoms with Crippen LogP contribution in [0.3, 0.4) is 0 Å². The van der Waals surface area contributed by atoms with E-state index in [-0.39, 0.29) is 5.97 Å². The minimum absolute atomic E-state index is 0.362. The van der Waals surface area contributed by atoms with Crippen molar-refractivity contribution >= 4 is 28.8 Å². The molecule has 0 amide bonds. The quantitative estimate of drug-likeness (QED) is 0.409. The number of thioether (sulfide) groups is 1. The fraction of sp³-hybridized carbons (Fsp3) is 0.222. The predicted molar refractivity (Wildman–Crippen MR) is 93.2 cm³/mol. The van der Waals surface area contributed by atoms with Crippen LogP contribution in [0.2, 0.25) is 0 Å². The molecule has 0 spiro atoms. The maximum absolute atomic E-state index is 12.4. The van der Waals surface area contributed by atoms with Gasteiger partial charge in [-0.1, -0.05) is 19.1 Å². The Hall–Kier alpha value is -2.27. The lowest BCUT2D eigenvalue weighted by Gasteiger charge is -2.09. The van der Waals surface area contributed by atoms with Gasteiger partial charge in [0.25, 0.3) is 0 Å². The Labute approximate surface area is 139 Å². The van der Waals surface area contributed by atoms with Gasteiger partial charge >= 0.3 is 5.97 Å². The topological polar surface area (TPSA) is 44.1 Å². The first-order valence-electron chi connectivity index (χ1n) is 7.47. The molecule has 1 aromatic heterocycles. The molecule has 5 heteroatoms. The number of carbonyl (C=O) groups excluding carboxylic acids is 1. The van der Waals surface area contributed by atoms with E-state index in [2.05, 4.69) is 11.9 Å². The van der Waals surface area contributed by atoms with E-state index in [4.69, 9.17) is 4.74 Å². The van der Waals surface area contributed by atoms with Crippen LogP contribution < -0.4 is 4.74 Å². The van der Waals surface area contributed by atoms with E-state index in [1.54, 1.807) is 23.9 Å². The Morgan fingerprint density at radius 2 is 2.04 bits per heavy atom. The summed E-state index contributed by atoms with van der Waals surface area (Å²) < 4.78 is 7.57. The number of hydrogen-bond donors (Lipinski definition) is 0. The maximum Gasteiger partial charge on any atom is 0.343 e. The summed E-state index contributed by atoms with van der Waals surface area (Å²) in [5.74, 6) is 2.07. The molecule has 23 heavy (non-hydrogen) atoms. The van der Waals surface area contributed by atoms with Gasteiger partial charge in [0.05, 0.1) is 21.5 Å². The van der Waals surface area contributed by atoms with Gasteiger partial charge in [-0.05, 0) is 43.0 Å². The Kier molecular flexibility index (Phi) is 4.39. The summed E-state index contributed by atoms with van der Waals surface area (Å²) in [6.07, 6.45) is 0. The number of ether oxygens (including phenoxy) is 1. The molecule has 2 aromatic carbocycles. The van der Waals surface area contributed by atoms with Crippen LogP contribution in [0, 0.1) is 6.92 Å². The fourth-order valence-corrected chi connectivity index (χ4v) is 3.15. The highest BCUT2D eigenvalue weighted by Gasteiger charge is 2.14. The van der Waals surface area contributed by atoms with Crippen LogP contribution in [0.15, 0.2) is 47.4 Å². The average Bonchev–Trinajstić information content (AvgIpc) is 2.83. The SMILES string of the molecule is CCSc1ccccc1OC(=O)c1ccc2c(c1)nc(C)n2C. The lowest BCUT2D eigenvalue weighted by atomic mass is 10.2. The smallest absolute Gasteiger partial charge is 0.343 e. The molecule has 3 rings (SSSR count). The number of benzene rings is 2. The highest BCUT2D eigenvalue weighted by molar-refractivity contribution is 7.99. The van der Waals surface area contributed by atoms with E-state index in [1.165, 1.54) is 0 Å². The number of nitrogens with zero attached hydrogens (tertiary/aromatic N) is 2. The van der Waals surface area contributed by atoms with E-state index in [1.807, 2.05) is 48.9 Å². The number of carbonyl (C=O) groups is 1. The predicted octanol–water partition coefficient (Wildman–Crippen LogP) is 4.21. The Morgan fingerprint density at radius 1 is 1.26 bits per heavy atom. The van der Waals surface area contributed by atoms with Crippen molar-refractivity contribution in [3.63, 3.8) is 0 Å². The third kappa shape index (κ3) is 3.10. The number of fused-ring (bicyclic) bond motifs is 1. The van der Waals surface area contributed by atoms with Crippen LogP contribution in [0.1, 0.15) is 23.1 Å². The summed E-state index contributed by atoms with van der Waals surface area (Å²) in [6, 6.07) is 13.0. The minimum Gasteiger partial charge on any atom is -0.422 e. The van der Waals surface area contributed by atoms with Gasteiger partial charge in [-0.3, -0.25) is 0 Å². The molecule has 0 aliphatic rings. The molecule has 0 fully saturated rings. The largest absolute Gasteiger partial charge is 0.422 e. The van der Waals surface area contributed by atoms with Crippen molar-refractivity contribution in [2.45, 2.75) is 18.7 Å². The van der Waals surface area contributed by atoms with E-state index in [9.17, 15) is 4.79 Å². The number of hydrogen-bond acceptors (Lipinski definition) is 4. The summed E-state index contributed by atoms with van der Waals surface area (Å²) in [5.41, 5.74) is 2.31. The fourth-order valence-electron chi connectivity index (χ4n) is 2.42. The molecule has 3 aromatic rings. The molecule has 118 valence electrons. The molecular formula is C18H18N2O2S. The van der Waals surface area contributed by atoms with Crippen LogP contribution in [0.25, 0.3) is 11.0 Å². The Balaban J connectivity index is 1.89. The molecule has 0 saturated carbocycles. The number of imidazole rings is 1. The van der Waals surface area contributed by atoms with E-state index in [0.29, 0.717) is 11.3 Å². The van der Waals surface area contributed by atoms with Crippen molar-refractivity contribution in [2.24, 2.45) is 7.05 Å². The second-order valence-electron chi connectivity index (χ2n) is 5.19. The minimum atomic E-state index is -0.362. The Morgan fingerprint density at radius 3 is 2.83 bits per heavy atom. The molecule has 0 radical (unpaired) electrons. The van der Waals surface area contributed by atoms with E-state index in [0.717, 1.165) is 27.5 Å². The summed E-state index contributed by atoms with van der Waals surface area (Å²) in [4.78, 5) is 17.9. The number of para-hydroxylation sites is 1. The van der Waals surface area contributed by atoms with Crippen LogP contribution >= 0.6 is 11.8 Å². The third-order valence-corrected chi connectivity index (χ3v) is 4.63. The third-order valence-electron chi connectivity index (χ3n) is 3.69. The van der Waals surface area contributed by atoms with Crippen molar-refractivity contribution < 1.29 is 9.53 Å². The van der Waals surface area contributed by atoms with Gasteiger partial charge in [0.2, 0.25) is 0 Å². The summed E-state index contributed by atoms with van der Waals surface area (Å²) >= 11 is 1.65. The zero-order valence-electron chi connectivity index (χ0n) is 13.4. The highest BCUT2D eigenvalue weighted by Crippen LogP contribution is 2.29. The van der Waals surface area contributed by atoms with E-state index >= 15 is 0 Å². The van der Waals surface area contributed by atoms with Gasteiger partial charge in [-0.2, -0.15) is 0 Å². The monoisotopic (exact) mass is 326 g/mol. The first-order chi connectivity index (χ1) is 11.1. The maximum atomic E-state index is 12.4. The molecule has 0 N–H and O–H groups in total. The van der Waals surface area contributed by atoms with Gasteiger partial charge < -0.3 is 9.30 Å². The zero-order valence-corrected chi connectivity index (χ0v) is 14.2. The molecular weight excluding hydrogens is 308 g/mol. The summed E-state index contributed by atoms with van der Waals surface area (Å²) in [5, 5.41) is 0. The highest BCUT2D eigenvalue weighted by atomic mass is 32.2. The molecule has 0 unspecified atom stereocenters. The van der Waals surface area contributed by atoms with Crippen molar-refractivity contribution in [1.82, 2.24) is 9.55 Å². The average molecular weight is 326 g/mol. The van der Waals surface area contributed by atoms with Crippen molar-refractivity contribution in [2.75, 3.05) is 5.75 Å². The number of rotatable bonds is 4. The molecule has 0 aliphatic heterocycles. The number of aryl methyl sites for hydroxylation is 2. The van der Waals surface area contributed by atoms with Gasteiger partial charge in [0.1, 0.15) is 11.6 Å². The molecule has 0 bridgehead atoms. The first-order valence-corrected chi connectivity index (χ1v) is 8.45. The van der Waals surface area contributed by atoms with Crippen molar-refractivity contribution in [1.29, 1.82) is 0 Å². The zero-order chi connectivity index (χ0) is 16.4. The lowest BCUT2D eigenvalue weighted by Crippen LogP contribution is -2.09. The molecule has 0 atom stereocenters. The van der Waals surface area contributed by atoms with Gasteiger partial charge in [-0.25, -0.2) is 9.78 Å². The van der Waals surface area contributed by atoms with Crippen LogP contribution in [0.4, 0.5) is 0 Å². The second-order valence-corrected chi connectivity index (χ2v) is 6.50. The summed E-state index contributed by atoms with van der Waals surface area (Å²) in [6.45, 7) is 4.01. The number of aromatic nitrogens is 2. The first kappa shape index (κ1) is 15.6. The van der Waals surface area contributed by atoms with Gasteiger partial charge in [-0.15, -0.1) is 11.8 Å². The lowest BCUT2D eigenvalue weighted by molar-refractivity contribution is 0.0730. The van der Waals surface area contributed by atoms with E-state index < -0.39 is 0 Å². The van der Waals surface area contributed by atoms with Crippen LogP contribution in [-0.4, -0.2) is 21.3 Å². The second kappa shape index (κ2) is 6.46. The standard InChI is InChI=1S/C18H18N2O2S/c1-4-23-17-8-6-5-7-16(17)22-18(21)13-9-10-15-14(11-13)19-12(2)20(15)3/h5-11H,4H2,1-3H3. The molecule has 0 aliphatic carbocycles. The molecule has 0 saturated heterocycles.